The largest absolute Gasteiger partial charge is 0.478 e. The van der Waals surface area contributed by atoms with E-state index in [2.05, 4.69) is 0 Å². The Balaban J connectivity index is 1.98. The summed E-state index contributed by atoms with van der Waals surface area (Å²) in [6, 6.07) is 15.2. The molecule has 0 aliphatic carbocycles. The standard InChI is InChI=1S/C26H30NO10P/c1-3-34-38(33,35-4-2)20-16-11-17-27(20)23(28)21(36-25(31)18-12-7-5-8-13-18)22(24(29)30)37-26(32)19-14-9-6-10-15-19/h5-10,12-15,20-22H,3-4,11,16-17H2,1-2H3,(H,29,30)/t20-,21-,22-/m1/s1. The molecule has 0 bridgehead atoms. The number of likely N-dealkylation sites (tertiary alicyclic amines) is 1. The fourth-order valence-electron chi connectivity index (χ4n) is 4.07. The number of aliphatic carboxylic acids is 1. The highest BCUT2D eigenvalue weighted by atomic mass is 31.2. The first kappa shape index (κ1) is 29.0. The van der Waals surface area contributed by atoms with E-state index in [9.17, 15) is 28.8 Å². The fraction of sp³-hybridized carbons (Fsp3) is 0.385. The number of esters is 2. The van der Waals surface area contributed by atoms with E-state index >= 15 is 0 Å². The van der Waals surface area contributed by atoms with Gasteiger partial charge in [0.05, 0.1) is 24.3 Å². The number of hydrogen-bond acceptors (Lipinski definition) is 9. The van der Waals surface area contributed by atoms with Gasteiger partial charge in [-0.2, -0.15) is 0 Å². The molecule has 1 N–H and O–H groups in total. The summed E-state index contributed by atoms with van der Waals surface area (Å²) in [7, 11) is -3.83. The molecule has 2 aromatic rings. The van der Waals surface area contributed by atoms with Crippen molar-refractivity contribution in [2.45, 2.75) is 44.7 Å². The summed E-state index contributed by atoms with van der Waals surface area (Å²) >= 11 is 0. The van der Waals surface area contributed by atoms with Crippen LogP contribution in [0.1, 0.15) is 47.4 Å². The van der Waals surface area contributed by atoms with Gasteiger partial charge in [0.15, 0.2) is 0 Å². The van der Waals surface area contributed by atoms with Gasteiger partial charge < -0.3 is 28.5 Å². The lowest BCUT2D eigenvalue weighted by Crippen LogP contribution is -2.52. The third-order valence-corrected chi connectivity index (χ3v) is 8.24. The quantitative estimate of drug-likeness (QED) is 0.308. The molecule has 1 aliphatic rings. The van der Waals surface area contributed by atoms with E-state index in [4.69, 9.17) is 18.5 Å². The Kier molecular flexibility index (Phi) is 10.2. The number of benzene rings is 2. The van der Waals surface area contributed by atoms with E-state index in [0.717, 1.165) is 4.90 Å². The molecule has 0 radical (unpaired) electrons. The van der Waals surface area contributed by atoms with Gasteiger partial charge in [-0.1, -0.05) is 36.4 Å². The number of carboxylic acid groups (broad SMARTS) is 1. The normalized spacial score (nSPS) is 16.9. The van der Waals surface area contributed by atoms with E-state index in [-0.39, 0.29) is 37.3 Å². The number of carboxylic acids is 1. The summed E-state index contributed by atoms with van der Waals surface area (Å²) in [6.45, 7) is 3.43. The first-order valence-corrected chi connectivity index (χ1v) is 13.8. The van der Waals surface area contributed by atoms with Crippen molar-refractivity contribution in [1.29, 1.82) is 0 Å². The number of ether oxygens (including phenoxy) is 2. The minimum atomic E-state index is -3.83. The summed E-state index contributed by atoms with van der Waals surface area (Å²) in [5.74, 6) is -5.77. The Bertz CT molecular complexity index is 1160. The number of carbonyl (C=O) groups excluding carboxylic acids is 3. The molecule has 1 heterocycles. The number of rotatable bonds is 12. The molecule has 3 rings (SSSR count). The zero-order valence-corrected chi connectivity index (χ0v) is 22.0. The van der Waals surface area contributed by atoms with Crippen molar-refractivity contribution in [3.63, 3.8) is 0 Å². The third-order valence-electron chi connectivity index (χ3n) is 5.74. The third kappa shape index (κ3) is 6.86. The summed E-state index contributed by atoms with van der Waals surface area (Å²) in [4.78, 5) is 52.8. The minimum Gasteiger partial charge on any atom is -0.478 e. The second-order valence-corrected chi connectivity index (χ2v) is 10.4. The molecule has 1 aliphatic heterocycles. The number of nitrogens with zero attached hydrogens (tertiary/aromatic N) is 1. The van der Waals surface area contributed by atoms with Crippen LogP contribution in [0.25, 0.3) is 0 Å². The summed E-state index contributed by atoms with van der Waals surface area (Å²) in [5.41, 5.74) is 0.0895. The molecule has 0 aromatic heterocycles. The van der Waals surface area contributed by atoms with Crippen LogP contribution in [0.2, 0.25) is 0 Å². The molecule has 12 heteroatoms. The van der Waals surface area contributed by atoms with Crippen LogP contribution in [0.3, 0.4) is 0 Å². The molecule has 1 amide bonds. The van der Waals surface area contributed by atoms with Crippen LogP contribution in [0, 0.1) is 0 Å². The lowest BCUT2D eigenvalue weighted by molar-refractivity contribution is -0.163. The van der Waals surface area contributed by atoms with Gasteiger partial charge in [-0.25, -0.2) is 14.4 Å². The van der Waals surface area contributed by atoms with Crippen LogP contribution < -0.4 is 0 Å². The van der Waals surface area contributed by atoms with Crippen LogP contribution in [0.4, 0.5) is 0 Å². The smallest absolute Gasteiger partial charge is 0.352 e. The molecular formula is C26H30NO10P. The van der Waals surface area contributed by atoms with Crippen LogP contribution in [-0.4, -0.2) is 71.6 Å². The van der Waals surface area contributed by atoms with Crippen molar-refractivity contribution in [2.75, 3.05) is 19.8 Å². The van der Waals surface area contributed by atoms with E-state index in [1.807, 2.05) is 0 Å². The lowest BCUT2D eigenvalue weighted by atomic mass is 10.1. The zero-order chi connectivity index (χ0) is 27.7. The molecule has 1 fully saturated rings. The second-order valence-electron chi connectivity index (χ2n) is 8.25. The molecule has 2 aromatic carbocycles. The Labute approximate surface area is 220 Å². The van der Waals surface area contributed by atoms with Gasteiger partial charge in [0.2, 0.25) is 12.2 Å². The topological polar surface area (TPSA) is 146 Å². The van der Waals surface area contributed by atoms with Gasteiger partial charge >= 0.3 is 25.5 Å². The number of hydrogen-bond donors (Lipinski definition) is 1. The SMILES string of the molecule is CCOP(=O)(OCC)[C@@H]1CCCN1C(=O)[C@H](OC(=O)c1ccccc1)[C@@H](OC(=O)c1ccccc1)C(=O)O. The van der Waals surface area contributed by atoms with Crippen LogP contribution >= 0.6 is 7.60 Å². The molecule has 0 unspecified atom stereocenters. The average Bonchev–Trinajstić information content (AvgIpc) is 3.42. The highest BCUT2D eigenvalue weighted by molar-refractivity contribution is 7.54. The highest BCUT2D eigenvalue weighted by Crippen LogP contribution is 2.57. The Morgan fingerprint density at radius 2 is 1.34 bits per heavy atom. The molecule has 0 spiro atoms. The van der Waals surface area contributed by atoms with Gasteiger partial charge in [-0.3, -0.25) is 9.36 Å². The zero-order valence-electron chi connectivity index (χ0n) is 21.1. The van der Waals surface area contributed by atoms with Gasteiger partial charge in [0, 0.05) is 6.54 Å². The Hall–Kier alpha value is -3.53. The van der Waals surface area contributed by atoms with Gasteiger partial charge in [-0.15, -0.1) is 0 Å². The van der Waals surface area contributed by atoms with Gasteiger partial charge in [-0.05, 0) is 51.0 Å². The van der Waals surface area contributed by atoms with Crippen LogP contribution in [0.15, 0.2) is 60.7 Å². The summed E-state index contributed by atoms with van der Waals surface area (Å²) < 4.78 is 35.0. The van der Waals surface area contributed by atoms with Crippen molar-refractivity contribution >= 4 is 31.4 Å². The van der Waals surface area contributed by atoms with Crippen molar-refractivity contribution in [3.8, 4) is 0 Å². The second kappa shape index (κ2) is 13.3. The van der Waals surface area contributed by atoms with E-state index in [1.165, 1.54) is 24.3 Å². The number of amides is 1. The maximum Gasteiger partial charge on any atom is 0.352 e. The first-order valence-electron chi connectivity index (χ1n) is 12.2. The molecule has 11 nitrogen and oxygen atoms in total. The predicted octanol–water partition coefficient (Wildman–Crippen LogP) is 3.74. The monoisotopic (exact) mass is 547 g/mol. The molecule has 38 heavy (non-hydrogen) atoms. The van der Waals surface area contributed by atoms with E-state index in [1.54, 1.807) is 50.2 Å². The predicted molar refractivity (Wildman–Crippen MR) is 135 cm³/mol. The lowest BCUT2D eigenvalue weighted by Gasteiger charge is -2.33. The molecule has 3 atom stereocenters. The van der Waals surface area contributed by atoms with Crippen LogP contribution in [0.5, 0.6) is 0 Å². The summed E-state index contributed by atoms with van der Waals surface area (Å²) in [5, 5.41) is 9.97. The van der Waals surface area contributed by atoms with Crippen LogP contribution in [-0.2, 0) is 32.7 Å². The minimum absolute atomic E-state index is 0.0376. The number of carbonyl (C=O) groups is 4. The molecule has 1 saturated heterocycles. The molecule has 0 saturated carbocycles. The van der Waals surface area contributed by atoms with E-state index in [0.29, 0.717) is 6.42 Å². The van der Waals surface area contributed by atoms with Crippen molar-refractivity contribution in [3.05, 3.63) is 71.8 Å². The fourth-order valence-corrected chi connectivity index (χ4v) is 6.27. The van der Waals surface area contributed by atoms with Gasteiger partial charge in [0.25, 0.3) is 5.91 Å². The van der Waals surface area contributed by atoms with Crippen molar-refractivity contribution in [1.82, 2.24) is 4.90 Å². The van der Waals surface area contributed by atoms with E-state index < -0.39 is 49.4 Å². The maximum absolute atomic E-state index is 13.8. The Morgan fingerprint density at radius 3 is 1.79 bits per heavy atom. The summed E-state index contributed by atoms with van der Waals surface area (Å²) in [6.07, 6.45) is -3.60. The molecule has 204 valence electrons. The average molecular weight is 547 g/mol. The molecular weight excluding hydrogens is 517 g/mol. The van der Waals surface area contributed by atoms with Crippen molar-refractivity contribution in [2.24, 2.45) is 0 Å². The van der Waals surface area contributed by atoms with Gasteiger partial charge in [0.1, 0.15) is 5.78 Å². The maximum atomic E-state index is 13.8. The first-order chi connectivity index (χ1) is 18.2. The highest BCUT2D eigenvalue weighted by Gasteiger charge is 2.50. The Morgan fingerprint density at radius 1 is 0.868 bits per heavy atom. The van der Waals surface area contributed by atoms with Crippen molar-refractivity contribution < 1.29 is 47.4 Å².